The van der Waals surface area contributed by atoms with Gasteiger partial charge in [-0.1, -0.05) is 60.7 Å². The predicted molar refractivity (Wildman–Crippen MR) is 92.4 cm³/mol. The molecule has 2 aromatic carbocycles. The molecule has 0 bridgehead atoms. The van der Waals surface area contributed by atoms with Crippen molar-refractivity contribution >= 4 is 11.8 Å². The molecule has 24 heavy (non-hydrogen) atoms. The van der Waals surface area contributed by atoms with Crippen LogP contribution in [0.5, 0.6) is 0 Å². The third kappa shape index (κ3) is 4.75. The smallest absolute Gasteiger partial charge is 0.308 e. The summed E-state index contributed by atoms with van der Waals surface area (Å²) in [5.41, 5.74) is 13.7. The van der Waals surface area contributed by atoms with Gasteiger partial charge in [-0.3, -0.25) is 9.59 Å². The van der Waals surface area contributed by atoms with Crippen molar-refractivity contribution < 1.29 is 14.7 Å². The first-order chi connectivity index (χ1) is 11.5. The molecule has 0 aliphatic heterocycles. The Morgan fingerprint density at radius 2 is 1.29 bits per heavy atom. The van der Waals surface area contributed by atoms with Gasteiger partial charge in [-0.25, -0.2) is 0 Å². The molecule has 5 heteroatoms. The molecule has 0 amide bonds. The zero-order valence-corrected chi connectivity index (χ0v) is 13.3. The maximum Gasteiger partial charge on any atom is 0.308 e. The van der Waals surface area contributed by atoms with Gasteiger partial charge in [-0.2, -0.15) is 0 Å². The van der Waals surface area contributed by atoms with Crippen LogP contribution in [0, 0.1) is 5.92 Å². The Kier molecular flexibility index (Phi) is 6.23. The fourth-order valence-electron chi connectivity index (χ4n) is 2.65. The Morgan fingerprint density at radius 3 is 1.75 bits per heavy atom. The molecule has 0 aliphatic carbocycles. The number of nitrogens with two attached hydrogens (primary N) is 2. The lowest BCUT2D eigenvalue weighted by atomic mass is 9.87. The number of hydrogen-bond acceptors (Lipinski definition) is 4. The summed E-state index contributed by atoms with van der Waals surface area (Å²) in [6, 6.07) is 16.5. The lowest BCUT2D eigenvalue weighted by molar-refractivity contribution is -0.144. The average molecular weight is 326 g/mol. The Bertz CT molecular complexity index is 674. The second-order valence-corrected chi connectivity index (χ2v) is 5.86. The van der Waals surface area contributed by atoms with Crippen LogP contribution in [0.3, 0.4) is 0 Å². The van der Waals surface area contributed by atoms with E-state index in [1.54, 1.807) is 0 Å². The second kappa shape index (κ2) is 8.38. The van der Waals surface area contributed by atoms with Crippen molar-refractivity contribution in [2.24, 2.45) is 17.4 Å². The monoisotopic (exact) mass is 326 g/mol. The first kappa shape index (κ1) is 17.8. The van der Waals surface area contributed by atoms with Gasteiger partial charge in [0.15, 0.2) is 5.78 Å². The van der Waals surface area contributed by atoms with E-state index in [-0.39, 0.29) is 6.42 Å². The number of carboxylic acid groups (broad SMARTS) is 1. The minimum atomic E-state index is -1.14. The fraction of sp³-hybridized carbons (Fsp3) is 0.263. The Labute approximate surface area is 141 Å². The van der Waals surface area contributed by atoms with Crippen molar-refractivity contribution in [3.8, 4) is 0 Å². The minimum absolute atomic E-state index is 0.196. The van der Waals surface area contributed by atoms with Crippen LogP contribution in [0.2, 0.25) is 0 Å². The molecule has 5 N–H and O–H groups in total. The summed E-state index contributed by atoms with van der Waals surface area (Å²) >= 11 is 0. The van der Waals surface area contributed by atoms with Crippen LogP contribution in [0.15, 0.2) is 60.7 Å². The zero-order chi connectivity index (χ0) is 17.5. The van der Waals surface area contributed by atoms with E-state index >= 15 is 0 Å². The molecule has 0 heterocycles. The second-order valence-electron chi connectivity index (χ2n) is 5.86. The number of carbonyl (C=O) groups excluding carboxylic acids is 1. The highest BCUT2D eigenvalue weighted by Gasteiger charge is 2.33. The third-order valence-electron chi connectivity index (χ3n) is 4.04. The van der Waals surface area contributed by atoms with Crippen LogP contribution < -0.4 is 11.5 Å². The topological polar surface area (TPSA) is 106 Å². The normalized spacial score (nSPS) is 14.6. The molecule has 0 aliphatic rings. The highest BCUT2D eigenvalue weighted by molar-refractivity contribution is 5.93. The van der Waals surface area contributed by atoms with E-state index in [9.17, 15) is 14.7 Å². The van der Waals surface area contributed by atoms with Gasteiger partial charge < -0.3 is 16.6 Å². The van der Waals surface area contributed by atoms with E-state index in [1.165, 1.54) is 0 Å². The summed E-state index contributed by atoms with van der Waals surface area (Å²) in [5, 5.41) is 9.45. The van der Waals surface area contributed by atoms with Crippen LogP contribution in [0.1, 0.15) is 11.1 Å². The lowest BCUT2D eigenvalue weighted by Gasteiger charge is -2.22. The molecule has 0 fully saturated rings. The van der Waals surface area contributed by atoms with Crippen molar-refractivity contribution in [2.75, 3.05) is 0 Å². The van der Waals surface area contributed by atoms with E-state index in [1.807, 2.05) is 60.7 Å². The molecule has 5 nitrogen and oxygen atoms in total. The highest BCUT2D eigenvalue weighted by Crippen LogP contribution is 2.15. The summed E-state index contributed by atoms with van der Waals surface area (Å²) in [4.78, 5) is 24.0. The molecule has 0 radical (unpaired) electrons. The van der Waals surface area contributed by atoms with Crippen molar-refractivity contribution in [3.63, 3.8) is 0 Å². The summed E-state index contributed by atoms with van der Waals surface area (Å²) in [5.74, 6) is -2.52. The lowest BCUT2D eigenvalue weighted by Crippen LogP contribution is -2.50. The number of Topliss-reactive ketones (excluding diaryl/α,β-unsaturated/α-hetero) is 1. The molecule has 2 rings (SSSR count). The Morgan fingerprint density at radius 1 is 0.833 bits per heavy atom. The quantitative estimate of drug-likeness (QED) is 0.680. The number of ketones is 1. The van der Waals surface area contributed by atoms with Gasteiger partial charge in [0.05, 0.1) is 18.0 Å². The first-order valence-corrected chi connectivity index (χ1v) is 7.84. The Hall–Kier alpha value is -2.50. The molecule has 0 saturated carbocycles. The molecule has 2 aromatic rings. The molecule has 3 atom stereocenters. The third-order valence-corrected chi connectivity index (χ3v) is 4.04. The van der Waals surface area contributed by atoms with Gasteiger partial charge >= 0.3 is 5.97 Å². The minimum Gasteiger partial charge on any atom is -0.481 e. The van der Waals surface area contributed by atoms with Crippen LogP contribution in [0.4, 0.5) is 0 Å². The van der Waals surface area contributed by atoms with Crippen molar-refractivity contribution in [1.29, 1.82) is 0 Å². The van der Waals surface area contributed by atoms with Gasteiger partial charge in [0, 0.05) is 0 Å². The highest BCUT2D eigenvalue weighted by atomic mass is 16.4. The number of rotatable bonds is 8. The van der Waals surface area contributed by atoms with Gasteiger partial charge in [0.25, 0.3) is 0 Å². The number of benzene rings is 2. The van der Waals surface area contributed by atoms with Crippen LogP contribution >= 0.6 is 0 Å². The summed E-state index contributed by atoms with van der Waals surface area (Å²) < 4.78 is 0. The fourth-order valence-corrected chi connectivity index (χ4v) is 2.65. The molecule has 2 unspecified atom stereocenters. The average Bonchev–Trinajstić information content (AvgIpc) is 2.60. The van der Waals surface area contributed by atoms with Crippen molar-refractivity contribution in [3.05, 3.63) is 71.8 Å². The predicted octanol–water partition coefficient (Wildman–Crippen LogP) is 1.40. The van der Waals surface area contributed by atoms with E-state index in [4.69, 9.17) is 11.5 Å². The van der Waals surface area contributed by atoms with E-state index in [2.05, 4.69) is 0 Å². The van der Waals surface area contributed by atoms with Crippen LogP contribution in [-0.4, -0.2) is 28.9 Å². The molecule has 0 aromatic heterocycles. The number of hydrogen-bond donors (Lipinski definition) is 3. The molecule has 0 saturated heterocycles. The molecule has 126 valence electrons. The van der Waals surface area contributed by atoms with Gasteiger partial charge in [0.2, 0.25) is 0 Å². The number of aliphatic carboxylic acids is 1. The maximum atomic E-state index is 12.5. The van der Waals surface area contributed by atoms with E-state index in [0.29, 0.717) is 6.42 Å². The molecular weight excluding hydrogens is 304 g/mol. The van der Waals surface area contributed by atoms with Crippen molar-refractivity contribution in [2.45, 2.75) is 24.9 Å². The number of carbonyl (C=O) groups is 2. The van der Waals surface area contributed by atoms with Crippen molar-refractivity contribution in [1.82, 2.24) is 0 Å². The summed E-state index contributed by atoms with van der Waals surface area (Å²) in [6.45, 7) is 0. The SMILES string of the molecule is NC(Cc1ccccc1)C(=O)[C@@H](N)C(Cc1ccccc1)C(=O)O. The van der Waals surface area contributed by atoms with E-state index < -0.39 is 29.8 Å². The molecular formula is C19H22N2O3. The summed E-state index contributed by atoms with van der Waals surface area (Å²) in [7, 11) is 0. The Balaban J connectivity index is 2.06. The largest absolute Gasteiger partial charge is 0.481 e. The van der Waals surface area contributed by atoms with Crippen LogP contribution in [0.25, 0.3) is 0 Å². The van der Waals surface area contributed by atoms with E-state index in [0.717, 1.165) is 11.1 Å². The molecule has 0 spiro atoms. The van der Waals surface area contributed by atoms with Crippen LogP contribution in [-0.2, 0) is 22.4 Å². The summed E-state index contributed by atoms with van der Waals surface area (Å²) in [6.07, 6.45) is 0.534. The maximum absolute atomic E-state index is 12.5. The number of carboxylic acids is 1. The van der Waals surface area contributed by atoms with Gasteiger partial charge in [-0.05, 0) is 24.0 Å². The van der Waals surface area contributed by atoms with Gasteiger partial charge in [-0.15, -0.1) is 0 Å². The standard InChI is InChI=1S/C19H22N2O3/c20-16(12-14-9-5-2-6-10-14)18(22)17(21)15(19(23)24)11-13-7-3-1-4-8-13/h1-10,15-17H,11-12,20-21H2,(H,23,24)/t15?,16?,17-/m0/s1. The zero-order valence-electron chi connectivity index (χ0n) is 13.3. The van der Waals surface area contributed by atoms with Gasteiger partial charge in [0.1, 0.15) is 0 Å². The first-order valence-electron chi connectivity index (χ1n) is 7.84.